The number of nitrogens with zero attached hydrogens (tertiary/aromatic N) is 4. The molecule has 25 heavy (non-hydrogen) atoms. The molecular formula is C18H27N5O2. The fourth-order valence-corrected chi connectivity index (χ4v) is 4.00. The van der Waals surface area contributed by atoms with E-state index in [-0.39, 0.29) is 11.8 Å². The van der Waals surface area contributed by atoms with Crippen molar-refractivity contribution < 1.29 is 9.59 Å². The number of anilines is 1. The molecule has 1 aliphatic heterocycles. The van der Waals surface area contributed by atoms with Gasteiger partial charge in [-0.3, -0.25) is 9.59 Å². The second-order valence-electron chi connectivity index (χ2n) is 7.04. The molecule has 0 radical (unpaired) electrons. The van der Waals surface area contributed by atoms with Gasteiger partial charge >= 0.3 is 0 Å². The molecule has 0 spiro atoms. The average Bonchev–Trinajstić information content (AvgIpc) is 2.88. The van der Waals surface area contributed by atoms with E-state index in [0.717, 1.165) is 64.0 Å². The first-order valence-electron chi connectivity index (χ1n) is 9.21. The van der Waals surface area contributed by atoms with Gasteiger partial charge in [0, 0.05) is 39.3 Å². The molecule has 1 aromatic rings. The van der Waals surface area contributed by atoms with Crippen molar-refractivity contribution in [2.75, 3.05) is 31.1 Å². The van der Waals surface area contributed by atoms with Gasteiger partial charge in [0.15, 0.2) is 5.82 Å². The third-order valence-corrected chi connectivity index (χ3v) is 5.20. The highest BCUT2D eigenvalue weighted by atomic mass is 16.2. The minimum atomic E-state index is -0.703. The molecular weight excluding hydrogens is 318 g/mol. The zero-order valence-corrected chi connectivity index (χ0v) is 14.9. The summed E-state index contributed by atoms with van der Waals surface area (Å²) in [7, 11) is 0. The van der Waals surface area contributed by atoms with Gasteiger partial charge in [-0.25, -0.2) is 0 Å². The lowest BCUT2D eigenvalue weighted by Gasteiger charge is -2.40. The normalized spacial score (nSPS) is 20.7. The van der Waals surface area contributed by atoms with E-state index in [1.165, 1.54) is 6.92 Å². The first kappa shape index (κ1) is 17.6. The lowest BCUT2D eigenvalue weighted by Crippen LogP contribution is -2.60. The summed E-state index contributed by atoms with van der Waals surface area (Å²) >= 11 is 0. The van der Waals surface area contributed by atoms with Crippen LogP contribution in [-0.2, 0) is 9.59 Å². The van der Waals surface area contributed by atoms with Gasteiger partial charge in [0.05, 0.1) is 0 Å². The Bertz CT molecular complexity index is 601. The fraction of sp³-hybridized carbons (Fsp3) is 0.667. The van der Waals surface area contributed by atoms with E-state index >= 15 is 0 Å². The Morgan fingerprint density at radius 1 is 1.08 bits per heavy atom. The minimum Gasteiger partial charge on any atom is -0.353 e. The van der Waals surface area contributed by atoms with E-state index in [2.05, 4.69) is 20.4 Å². The van der Waals surface area contributed by atoms with Crippen molar-refractivity contribution in [1.82, 2.24) is 20.4 Å². The molecule has 136 valence electrons. The van der Waals surface area contributed by atoms with Gasteiger partial charge in [-0.05, 0) is 31.4 Å². The summed E-state index contributed by atoms with van der Waals surface area (Å²) < 4.78 is 0. The number of aromatic nitrogens is 2. The molecule has 2 amide bonds. The lowest BCUT2D eigenvalue weighted by atomic mass is 9.80. The Morgan fingerprint density at radius 2 is 1.88 bits per heavy atom. The number of hydrogen-bond donors (Lipinski definition) is 1. The lowest BCUT2D eigenvalue weighted by molar-refractivity contribution is -0.143. The molecule has 2 fully saturated rings. The summed E-state index contributed by atoms with van der Waals surface area (Å²) in [5.74, 6) is 0.820. The number of hydrogen-bond acceptors (Lipinski definition) is 5. The van der Waals surface area contributed by atoms with Crippen molar-refractivity contribution in [1.29, 1.82) is 0 Å². The molecule has 1 aromatic heterocycles. The second-order valence-corrected chi connectivity index (χ2v) is 7.04. The van der Waals surface area contributed by atoms with Gasteiger partial charge in [0.1, 0.15) is 5.54 Å². The highest BCUT2D eigenvalue weighted by Gasteiger charge is 2.42. The van der Waals surface area contributed by atoms with Gasteiger partial charge in [-0.15, -0.1) is 5.10 Å². The third-order valence-electron chi connectivity index (χ3n) is 5.20. The molecule has 1 saturated heterocycles. The van der Waals surface area contributed by atoms with Crippen LogP contribution in [0, 0.1) is 0 Å². The summed E-state index contributed by atoms with van der Waals surface area (Å²) in [6.45, 7) is 4.46. The molecule has 0 aromatic carbocycles. The Balaban J connectivity index is 1.70. The van der Waals surface area contributed by atoms with Gasteiger partial charge in [0.2, 0.25) is 11.8 Å². The van der Waals surface area contributed by atoms with Crippen molar-refractivity contribution in [3.8, 4) is 0 Å². The molecule has 7 heteroatoms. The van der Waals surface area contributed by atoms with Gasteiger partial charge < -0.3 is 15.1 Å². The predicted molar refractivity (Wildman–Crippen MR) is 95.1 cm³/mol. The number of carbonyl (C=O) groups is 2. The van der Waals surface area contributed by atoms with Gasteiger partial charge in [0.25, 0.3) is 0 Å². The molecule has 7 nitrogen and oxygen atoms in total. The largest absolute Gasteiger partial charge is 0.353 e. The van der Waals surface area contributed by atoms with E-state index in [1.54, 1.807) is 6.20 Å². The molecule has 0 unspecified atom stereocenters. The standard InChI is InChI=1S/C18H27N5O2/c1-15(24)20-18(8-3-2-4-9-18)17(25)23-12-6-11-22(13-14-23)16-7-5-10-19-21-16/h5,7,10H,2-4,6,8-9,11-14H2,1H3,(H,20,24). The van der Waals surface area contributed by atoms with E-state index in [0.29, 0.717) is 6.54 Å². The molecule has 2 aliphatic rings. The highest BCUT2D eigenvalue weighted by molar-refractivity contribution is 5.91. The van der Waals surface area contributed by atoms with Crippen LogP contribution in [0.25, 0.3) is 0 Å². The summed E-state index contributed by atoms with van der Waals surface area (Å²) in [6, 6.07) is 3.83. The summed E-state index contributed by atoms with van der Waals surface area (Å²) in [6.07, 6.45) is 7.16. The number of rotatable bonds is 3. The maximum absolute atomic E-state index is 13.3. The maximum atomic E-state index is 13.3. The zero-order valence-electron chi connectivity index (χ0n) is 14.9. The van der Waals surface area contributed by atoms with Crippen molar-refractivity contribution in [3.05, 3.63) is 18.3 Å². The monoisotopic (exact) mass is 345 g/mol. The topological polar surface area (TPSA) is 78.4 Å². The molecule has 1 saturated carbocycles. The molecule has 0 bridgehead atoms. The van der Waals surface area contributed by atoms with Gasteiger partial charge in [-0.2, -0.15) is 5.10 Å². The van der Waals surface area contributed by atoms with Crippen LogP contribution in [0.15, 0.2) is 18.3 Å². The van der Waals surface area contributed by atoms with Crippen LogP contribution in [0.3, 0.4) is 0 Å². The summed E-state index contributed by atoms with van der Waals surface area (Å²) in [4.78, 5) is 29.1. The molecule has 0 atom stereocenters. The van der Waals surface area contributed by atoms with Crippen LogP contribution in [0.5, 0.6) is 0 Å². The van der Waals surface area contributed by atoms with E-state index in [1.807, 2.05) is 17.0 Å². The number of amides is 2. The zero-order chi connectivity index (χ0) is 17.7. The van der Waals surface area contributed by atoms with Crippen LogP contribution >= 0.6 is 0 Å². The molecule has 3 rings (SSSR count). The number of carbonyl (C=O) groups excluding carboxylic acids is 2. The van der Waals surface area contributed by atoms with E-state index in [9.17, 15) is 9.59 Å². The SMILES string of the molecule is CC(=O)NC1(C(=O)N2CCCN(c3cccnn3)CC2)CCCCC1. The second kappa shape index (κ2) is 7.80. The van der Waals surface area contributed by atoms with Gasteiger partial charge in [-0.1, -0.05) is 19.3 Å². The minimum absolute atomic E-state index is 0.0865. The van der Waals surface area contributed by atoms with Crippen LogP contribution < -0.4 is 10.2 Å². The highest BCUT2D eigenvalue weighted by Crippen LogP contribution is 2.30. The fourth-order valence-electron chi connectivity index (χ4n) is 4.00. The van der Waals surface area contributed by atoms with Crippen molar-refractivity contribution in [3.63, 3.8) is 0 Å². The predicted octanol–water partition coefficient (Wildman–Crippen LogP) is 1.35. The Morgan fingerprint density at radius 3 is 2.56 bits per heavy atom. The van der Waals surface area contributed by atoms with Crippen molar-refractivity contribution in [2.24, 2.45) is 0 Å². The van der Waals surface area contributed by atoms with Crippen LogP contribution in [0.1, 0.15) is 45.4 Å². The Kier molecular flexibility index (Phi) is 5.50. The first-order valence-corrected chi connectivity index (χ1v) is 9.21. The third kappa shape index (κ3) is 4.08. The molecule has 2 heterocycles. The molecule has 1 N–H and O–H groups in total. The average molecular weight is 345 g/mol. The van der Waals surface area contributed by atoms with Crippen LogP contribution in [0.2, 0.25) is 0 Å². The summed E-state index contributed by atoms with van der Waals surface area (Å²) in [5, 5.41) is 11.1. The summed E-state index contributed by atoms with van der Waals surface area (Å²) in [5.41, 5.74) is -0.703. The quantitative estimate of drug-likeness (QED) is 0.895. The van der Waals surface area contributed by atoms with E-state index in [4.69, 9.17) is 0 Å². The number of nitrogens with one attached hydrogen (secondary N) is 1. The Hall–Kier alpha value is -2.18. The van der Waals surface area contributed by atoms with Crippen LogP contribution in [-0.4, -0.2) is 58.6 Å². The molecule has 1 aliphatic carbocycles. The van der Waals surface area contributed by atoms with E-state index < -0.39 is 5.54 Å². The van der Waals surface area contributed by atoms with Crippen molar-refractivity contribution >= 4 is 17.6 Å². The van der Waals surface area contributed by atoms with Crippen molar-refractivity contribution in [2.45, 2.75) is 51.0 Å². The first-order chi connectivity index (χ1) is 12.1. The van der Waals surface area contributed by atoms with Crippen LogP contribution in [0.4, 0.5) is 5.82 Å². The smallest absolute Gasteiger partial charge is 0.248 e. The Labute approximate surface area is 148 Å². The maximum Gasteiger partial charge on any atom is 0.248 e.